The van der Waals surface area contributed by atoms with E-state index in [9.17, 15) is 12.8 Å². The van der Waals surface area contributed by atoms with Crippen molar-refractivity contribution in [2.24, 2.45) is 0 Å². The molecule has 0 radical (unpaired) electrons. The van der Waals surface area contributed by atoms with Crippen LogP contribution < -0.4 is 10.5 Å². The van der Waals surface area contributed by atoms with Gasteiger partial charge >= 0.3 is 0 Å². The predicted octanol–water partition coefficient (Wildman–Crippen LogP) is 3.58. The van der Waals surface area contributed by atoms with Crippen LogP contribution in [0.1, 0.15) is 0 Å². The minimum absolute atomic E-state index is 0.0352. The van der Waals surface area contributed by atoms with Crippen molar-refractivity contribution in [2.75, 3.05) is 10.5 Å². The lowest BCUT2D eigenvalue weighted by molar-refractivity contribution is 0.601. The van der Waals surface area contributed by atoms with E-state index < -0.39 is 15.8 Å². The number of rotatable bonds is 3. The summed E-state index contributed by atoms with van der Waals surface area (Å²) < 4.78 is 41.1. The Morgan fingerprint density at radius 3 is 2.55 bits per heavy atom. The topological polar surface area (TPSA) is 72.2 Å². The van der Waals surface area contributed by atoms with Crippen molar-refractivity contribution in [1.29, 1.82) is 0 Å². The second-order valence-corrected chi connectivity index (χ2v) is 7.64. The van der Waals surface area contributed by atoms with Gasteiger partial charge in [0.15, 0.2) is 0 Å². The number of sulfonamides is 1. The van der Waals surface area contributed by atoms with Gasteiger partial charge in [0.05, 0.1) is 11.4 Å². The average Bonchev–Trinajstić information content (AvgIpc) is 2.35. The van der Waals surface area contributed by atoms with Crippen LogP contribution in [0.2, 0.25) is 0 Å². The molecule has 0 fully saturated rings. The second kappa shape index (κ2) is 5.86. The van der Waals surface area contributed by atoms with E-state index >= 15 is 0 Å². The fourth-order valence-electron chi connectivity index (χ4n) is 1.51. The number of anilines is 2. The maximum absolute atomic E-state index is 13.0. The van der Waals surface area contributed by atoms with Gasteiger partial charge in [-0.25, -0.2) is 12.8 Å². The minimum atomic E-state index is -3.83. The Hall–Kier alpha value is -0.870. The number of halogens is 3. The van der Waals surface area contributed by atoms with Crippen molar-refractivity contribution in [2.45, 2.75) is 4.90 Å². The molecule has 4 nitrogen and oxygen atoms in total. The summed E-state index contributed by atoms with van der Waals surface area (Å²) in [5.41, 5.74) is 6.12. The molecule has 3 N–H and O–H groups in total. The zero-order chi connectivity index (χ0) is 14.9. The van der Waals surface area contributed by atoms with E-state index in [1.807, 2.05) is 22.6 Å². The molecule has 0 aliphatic heterocycles. The van der Waals surface area contributed by atoms with E-state index in [4.69, 9.17) is 5.73 Å². The molecule has 2 aromatic carbocycles. The van der Waals surface area contributed by atoms with E-state index in [0.29, 0.717) is 13.7 Å². The summed E-state index contributed by atoms with van der Waals surface area (Å²) in [4.78, 5) is -0.0352. The fraction of sp³-hybridized carbons (Fsp3) is 0. The maximum atomic E-state index is 13.0. The summed E-state index contributed by atoms with van der Waals surface area (Å²) in [5, 5.41) is 0. The molecule has 0 spiro atoms. The standard InChI is InChI=1S/C12H9BrFIN2O2S/c13-7-1-3-10(16)12(5-7)20(18,19)17-11-4-2-8(14)6-9(11)15/h1-6,17H,16H2. The predicted molar refractivity (Wildman–Crippen MR) is 88.5 cm³/mol. The summed E-state index contributed by atoms with van der Waals surface area (Å²) >= 11 is 5.05. The van der Waals surface area contributed by atoms with Gasteiger partial charge in [-0.15, -0.1) is 0 Å². The Bertz CT molecular complexity index is 768. The Labute approximate surface area is 137 Å². The molecule has 2 rings (SSSR count). The summed E-state index contributed by atoms with van der Waals surface area (Å²) in [5.74, 6) is -0.431. The smallest absolute Gasteiger partial charge is 0.264 e. The van der Waals surface area contributed by atoms with Crippen molar-refractivity contribution in [1.82, 2.24) is 0 Å². The molecular weight excluding hydrogens is 462 g/mol. The van der Waals surface area contributed by atoms with Crippen LogP contribution in [0.15, 0.2) is 45.8 Å². The molecule has 0 aliphatic carbocycles. The molecule has 0 aromatic heterocycles. The van der Waals surface area contributed by atoms with Crippen LogP contribution in [0, 0.1) is 9.39 Å². The molecule has 0 bridgehead atoms. The molecule has 0 aliphatic rings. The normalized spacial score (nSPS) is 11.3. The molecule has 0 saturated carbocycles. The van der Waals surface area contributed by atoms with E-state index in [0.717, 1.165) is 0 Å². The van der Waals surface area contributed by atoms with E-state index in [1.54, 1.807) is 6.07 Å². The first kappa shape index (κ1) is 15.5. The van der Waals surface area contributed by atoms with Gasteiger partial charge in [0.1, 0.15) is 10.7 Å². The van der Waals surface area contributed by atoms with Crippen LogP contribution in [-0.2, 0) is 10.0 Å². The second-order valence-electron chi connectivity index (χ2n) is 3.91. The maximum Gasteiger partial charge on any atom is 0.264 e. The largest absolute Gasteiger partial charge is 0.398 e. The Kier molecular flexibility index (Phi) is 4.55. The zero-order valence-electron chi connectivity index (χ0n) is 9.90. The first-order chi connectivity index (χ1) is 9.29. The molecule has 0 heterocycles. The van der Waals surface area contributed by atoms with E-state index in [2.05, 4.69) is 20.7 Å². The van der Waals surface area contributed by atoms with Gasteiger partial charge in [0.25, 0.3) is 10.0 Å². The molecule has 8 heteroatoms. The van der Waals surface area contributed by atoms with Gasteiger partial charge in [0.2, 0.25) is 0 Å². The molecule has 0 unspecified atom stereocenters. The van der Waals surface area contributed by atoms with Gasteiger partial charge in [0, 0.05) is 8.04 Å². The molecule has 0 atom stereocenters. The third kappa shape index (κ3) is 3.41. The van der Waals surface area contributed by atoms with Crippen molar-refractivity contribution >= 4 is 59.9 Å². The van der Waals surface area contributed by atoms with E-state index in [1.165, 1.54) is 30.3 Å². The number of benzene rings is 2. The minimum Gasteiger partial charge on any atom is -0.398 e. The third-order valence-corrected chi connectivity index (χ3v) is 5.25. The fourth-order valence-corrected chi connectivity index (χ4v) is 4.06. The number of nitrogens with one attached hydrogen (secondary N) is 1. The number of hydrogen-bond donors (Lipinski definition) is 2. The Morgan fingerprint density at radius 2 is 1.90 bits per heavy atom. The number of hydrogen-bond acceptors (Lipinski definition) is 3. The lowest BCUT2D eigenvalue weighted by Gasteiger charge is -2.12. The highest BCUT2D eigenvalue weighted by Gasteiger charge is 2.19. The quantitative estimate of drug-likeness (QED) is 0.532. The van der Waals surface area contributed by atoms with Gasteiger partial charge in [-0.05, 0) is 59.0 Å². The Morgan fingerprint density at radius 1 is 1.20 bits per heavy atom. The Balaban J connectivity index is 2.43. The van der Waals surface area contributed by atoms with Gasteiger partial charge in [-0.2, -0.15) is 0 Å². The van der Waals surface area contributed by atoms with Gasteiger partial charge in [-0.1, -0.05) is 15.9 Å². The highest BCUT2D eigenvalue weighted by atomic mass is 127. The van der Waals surface area contributed by atoms with E-state index in [-0.39, 0.29) is 10.6 Å². The van der Waals surface area contributed by atoms with Crippen LogP contribution in [0.4, 0.5) is 15.8 Å². The zero-order valence-corrected chi connectivity index (χ0v) is 14.5. The summed E-state index contributed by atoms with van der Waals surface area (Å²) in [6, 6.07) is 8.34. The highest BCUT2D eigenvalue weighted by Crippen LogP contribution is 2.27. The first-order valence-corrected chi connectivity index (χ1v) is 8.68. The molecule has 2 aromatic rings. The molecule has 20 heavy (non-hydrogen) atoms. The monoisotopic (exact) mass is 470 g/mol. The lowest BCUT2D eigenvalue weighted by Crippen LogP contribution is -2.15. The van der Waals surface area contributed by atoms with Crippen LogP contribution in [0.5, 0.6) is 0 Å². The van der Waals surface area contributed by atoms with Crippen molar-refractivity contribution in [3.05, 3.63) is 50.3 Å². The average molecular weight is 471 g/mol. The summed E-state index contributed by atoms with van der Waals surface area (Å²) in [6.45, 7) is 0. The molecule has 106 valence electrons. The highest BCUT2D eigenvalue weighted by molar-refractivity contribution is 14.1. The SMILES string of the molecule is Nc1ccc(Br)cc1S(=O)(=O)Nc1ccc(F)cc1I. The molecular formula is C12H9BrFIN2O2S. The van der Waals surface area contributed by atoms with Crippen LogP contribution in [0.3, 0.4) is 0 Å². The van der Waals surface area contributed by atoms with Crippen LogP contribution >= 0.6 is 38.5 Å². The third-order valence-electron chi connectivity index (χ3n) is 2.44. The summed E-state index contributed by atoms with van der Waals surface area (Å²) in [6.07, 6.45) is 0. The van der Waals surface area contributed by atoms with Crippen LogP contribution in [0.25, 0.3) is 0 Å². The molecule has 0 saturated heterocycles. The molecule has 0 amide bonds. The van der Waals surface area contributed by atoms with Crippen molar-refractivity contribution in [3.63, 3.8) is 0 Å². The first-order valence-electron chi connectivity index (χ1n) is 5.32. The van der Waals surface area contributed by atoms with Gasteiger partial charge < -0.3 is 5.73 Å². The van der Waals surface area contributed by atoms with Crippen molar-refractivity contribution < 1.29 is 12.8 Å². The summed E-state index contributed by atoms with van der Waals surface area (Å²) in [7, 11) is -3.83. The van der Waals surface area contributed by atoms with Gasteiger partial charge in [-0.3, -0.25) is 4.72 Å². The van der Waals surface area contributed by atoms with Crippen molar-refractivity contribution in [3.8, 4) is 0 Å². The number of nitrogens with two attached hydrogens (primary N) is 1. The number of nitrogen functional groups attached to an aromatic ring is 1. The van der Waals surface area contributed by atoms with Crippen LogP contribution in [-0.4, -0.2) is 8.42 Å². The lowest BCUT2D eigenvalue weighted by atomic mass is 10.3.